The van der Waals surface area contributed by atoms with Gasteiger partial charge in [0.2, 0.25) is 10.0 Å². The SMILES string of the molecule is CCN(C1CCCC1)S(=O)(=O)c1cc(CCl)cc(F)c1C. The molecule has 0 amide bonds. The van der Waals surface area contributed by atoms with Gasteiger partial charge in [0.1, 0.15) is 5.82 Å². The lowest BCUT2D eigenvalue weighted by molar-refractivity contribution is 0.335. The zero-order valence-electron chi connectivity index (χ0n) is 12.4. The van der Waals surface area contributed by atoms with Gasteiger partial charge in [-0.25, -0.2) is 12.8 Å². The zero-order valence-corrected chi connectivity index (χ0v) is 14.0. The van der Waals surface area contributed by atoms with Crippen LogP contribution in [0.15, 0.2) is 17.0 Å². The summed E-state index contributed by atoms with van der Waals surface area (Å²) in [7, 11) is -3.69. The summed E-state index contributed by atoms with van der Waals surface area (Å²) in [6.45, 7) is 3.73. The molecule has 0 aromatic heterocycles. The first-order valence-corrected chi connectivity index (χ1v) is 9.26. The van der Waals surface area contributed by atoms with Gasteiger partial charge in [-0.2, -0.15) is 4.31 Å². The molecule has 0 N–H and O–H groups in total. The molecule has 2 rings (SSSR count). The number of halogens is 2. The van der Waals surface area contributed by atoms with E-state index >= 15 is 0 Å². The quantitative estimate of drug-likeness (QED) is 0.768. The number of hydrogen-bond acceptors (Lipinski definition) is 2. The van der Waals surface area contributed by atoms with Crippen LogP contribution in [0.5, 0.6) is 0 Å². The Bertz CT molecular complexity index is 612. The third-order valence-electron chi connectivity index (χ3n) is 4.14. The summed E-state index contributed by atoms with van der Waals surface area (Å²) in [5, 5.41) is 0. The van der Waals surface area contributed by atoms with E-state index in [1.807, 2.05) is 6.92 Å². The minimum absolute atomic E-state index is 0.0297. The van der Waals surface area contributed by atoms with Crippen molar-refractivity contribution in [2.45, 2.75) is 56.3 Å². The fourth-order valence-electron chi connectivity index (χ4n) is 3.00. The molecule has 1 saturated carbocycles. The molecule has 0 atom stereocenters. The van der Waals surface area contributed by atoms with Crippen LogP contribution in [0.4, 0.5) is 4.39 Å². The monoisotopic (exact) mass is 333 g/mol. The number of benzene rings is 1. The van der Waals surface area contributed by atoms with Crippen LogP contribution in [-0.4, -0.2) is 25.3 Å². The largest absolute Gasteiger partial charge is 0.243 e. The van der Waals surface area contributed by atoms with Crippen molar-refractivity contribution in [3.8, 4) is 0 Å². The molecule has 0 heterocycles. The van der Waals surface area contributed by atoms with Gasteiger partial charge in [-0.15, -0.1) is 11.6 Å². The van der Waals surface area contributed by atoms with Gasteiger partial charge in [-0.05, 0) is 37.5 Å². The van der Waals surface area contributed by atoms with Crippen LogP contribution in [0, 0.1) is 12.7 Å². The highest BCUT2D eigenvalue weighted by molar-refractivity contribution is 7.89. The molecule has 6 heteroatoms. The topological polar surface area (TPSA) is 37.4 Å². The van der Waals surface area contributed by atoms with Crippen molar-refractivity contribution in [1.82, 2.24) is 4.31 Å². The van der Waals surface area contributed by atoms with Gasteiger partial charge in [0, 0.05) is 24.0 Å². The normalized spacial score (nSPS) is 16.8. The molecule has 1 fully saturated rings. The molecule has 1 aromatic rings. The molecule has 0 unspecified atom stereocenters. The first kappa shape index (κ1) is 16.7. The average Bonchev–Trinajstić information content (AvgIpc) is 2.95. The van der Waals surface area contributed by atoms with Crippen molar-refractivity contribution < 1.29 is 12.8 Å². The molecule has 3 nitrogen and oxygen atoms in total. The summed E-state index contributed by atoms with van der Waals surface area (Å²) in [5.74, 6) is -0.427. The van der Waals surface area contributed by atoms with Crippen LogP contribution < -0.4 is 0 Å². The molecule has 0 saturated heterocycles. The third kappa shape index (κ3) is 3.25. The molecule has 0 aliphatic heterocycles. The van der Waals surface area contributed by atoms with E-state index in [1.165, 1.54) is 23.4 Å². The van der Waals surface area contributed by atoms with Crippen LogP contribution in [0.1, 0.15) is 43.7 Å². The number of hydrogen-bond donors (Lipinski definition) is 0. The number of alkyl halides is 1. The van der Waals surface area contributed by atoms with Crippen LogP contribution in [0.3, 0.4) is 0 Å². The summed E-state index contributed by atoms with van der Waals surface area (Å²) in [4.78, 5) is 0.0481. The lowest BCUT2D eigenvalue weighted by Crippen LogP contribution is -2.39. The van der Waals surface area contributed by atoms with E-state index in [9.17, 15) is 12.8 Å². The second-order valence-electron chi connectivity index (χ2n) is 5.48. The van der Waals surface area contributed by atoms with E-state index in [0.29, 0.717) is 12.1 Å². The molecule has 0 bridgehead atoms. The predicted molar refractivity (Wildman–Crippen MR) is 82.5 cm³/mol. The van der Waals surface area contributed by atoms with E-state index < -0.39 is 15.8 Å². The molecule has 1 aromatic carbocycles. The van der Waals surface area contributed by atoms with Crippen LogP contribution in [0.25, 0.3) is 0 Å². The lowest BCUT2D eigenvalue weighted by atomic mass is 10.1. The molecule has 0 spiro atoms. The van der Waals surface area contributed by atoms with Crippen LogP contribution in [-0.2, 0) is 15.9 Å². The molecule has 1 aliphatic carbocycles. The maximum absolute atomic E-state index is 14.0. The first-order chi connectivity index (χ1) is 9.91. The number of sulfonamides is 1. The lowest BCUT2D eigenvalue weighted by Gasteiger charge is -2.27. The highest BCUT2D eigenvalue weighted by Gasteiger charge is 2.33. The fourth-order valence-corrected chi connectivity index (χ4v) is 5.13. The smallest absolute Gasteiger partial charge is 0.207 e. The fraction of sp³-hybridized carbons (Fsp3) is 0.600. The van der Waals surface area contributed by atoms with E-state index in [4.69, 9.17) is 11.6 Å². The molecular weight excluding hydrogens is 313 g/mol. The molecule has 118 valence electrons. The Morgan fingerprint density at radius 2 is 1.95 bits per heavy atom. The summed E-state index contributed by atoms with van der Waals surface area (Å²) in [6, 6.07) is 2.83. The molecule has 1 aliphatic rings. The maximum Gasteiger partial charge on any atom is 0.243 e. The Balaban J connectivity index is 2.49. The Hall–Kier alpha value is -0.650. The Morgan fingerprint density at radius 3 is 2.48 bits per heavy atom. The Labute approximate surface area is 131 Å². The maximum atomic E-state index is 14.0. The third-order valence-corrected chi connectivity index (χ3v) is 6.60. The average molecular weight is 334 g/mol. The number of nitrogens with zero attached hydrogens (tertiary/aromatic N) is 1. The summed E-state index contributed by atoms with van der Waals surface area (Å²) in [5.41, 5.74) is 0.654. The van der Waals surface area contributed by atoms with Gasteiger partial charge in [0.15, 0.2) is 0 Å². The van der Waals surface area contributed by atoms with Crippen molar-refractivity contribution in [2.24, 2.45) is 0 Å². The van der Waals surface area contributed by atoms with Gasteiger partial charge < -0.3 is 0 Å². The summed E-state index contributed by atoms with van der Waals surface area (Å²) in [6.07, 6.45) is 3.85. The number of rotatable bonds is 5. The zero-order chi connectivity index (χ0) is 15.6. The minimum Gasteiger partial charge on any atom is -0.207 e. The van der Waals surface area contributed by atoms with E-state index in [0.717, 1.165) is 25.7 Å². The van der Waals surface area contributed by atoms with Crippen molar-refractivity contribution in [3.63, 3.8) is 0 Å². The van der Waals surface area contributed by atoms with Crippen molar-refractivity contribution in [2.75, 3.05) is 6.54 Å². The van der Waals surface area contributed by atoms with Crippen molar-refractivity contribution in [1.29, 1.82) is 0 Å². The van der Waals surface area contributed by atoms with Crippen molar-refractivity contribution >= 4 is 21.6 Å². The van der Waals surface area contributed by atoms with Gasteiger partial charge in [0.25, 0.3) is 0 Å². The van der Waals surface area contributed by atoms with Crippen molar-refractivity contribution in [3.05, 3.63) is 29.1 Å². The summed E-state index contributed by atoms with van der Waals surface area (Å²) >= 11 is 5.74. The highest BCUT2D eigenvalue weighted by Crippen LogP contribution is 2.31. The molecular formula is C15H21ClFNO2S. The summed E-state index contributed by atoms with van der Waals surface area (Å²) < 4.78 is 41.3. The Morgan fingerprint density at radius 1 is 1.33 bits per heavy atom. The minimum atomic E-state index is -3.69. The molecule has 21 heavy (non-hydrogen) atoms. The highest BCUT2D eigenvalue weighted by atomic mass is 35.5. The molecule has 0 radical (unpaired) electrons. The predicted octanol–water partition coefficient (Wildman–Crippen LogP) is 3.83. The van der Waals surface area contributed by atoms with E-state index in [2.05, 4.69) is 0 Å². The van der Waals surface area contributed by atoms with Gasteiger partial charge in [-0.3, -0.25) is 0 Å². The van der Waals surface area contributed by atoms with Gasteiger partial charge >= 0.3 is 0 Å². The van der Waals surface area contributed by atoms with Gasteiger partial charge in [-0.1, -0.05) is 19.8 Å². The first-order valence-electron chi connectivity index (χ1n) is 7.28. The second-order valence-corrected chi connectivity index (χ2v) is 7.61. The van der Waals surface area contributed by atoms with Crippen LogP contribution in [0.2, 0.25) is 0 Å². The van der Waals surface area contributed by atoms with E-state index in [-0.39, 0.29) is 22.4 Å². The van der Waals surface area contributed by atoms with Gasteiger partial charge in [0.05, 0.1) is 4.90 Å². The second kappa shape index (κ2) is 6.63. The Kier molecular flexibility index (Phi) is 5.28. The van der Waals surface area contributed by atoms with E-state index in [1.54, 1.807) is 0 Å². The van der Waals surface area contributed by atoms with Crippen LogP contribution >= 0.6 is 11.6 Å². The standard InChI is InChI=1S/C15H21ClFNO2S/c1-3-18(13-6-4-5-7-13)21(19,20)15-9-12(10-16)8-14(17)11(15)2/h8-9,13H,3-7,10H2,1-2H3.